The first-order chi connectivity index (χ1) is 7.70. The monoisotopic (exact) mass is 220 g/mol. The zero-order valence-electron chi connectivity index (χ0n) is 9.34. The van der Waals surface area contributed by atoms with Crippen LogP contribution in [0.3, 0.4) is 0 Å². The summed E-state index contributed by atoms with van der Waals surface area (Å²) in [6.45, 7) is 2.91. The van der Waals surface area contributed by atoms with Crippen molar-refractivity contribution < 1.29 is 9.90 Å². The maximum absolute atomic E-state index is 11.1. The highest BCUT2D eigenvalue weighted by Gasteiger charge is 2.33. The Labute approximate surface area is 94.9 Å². The predicted octanol–water partition coefficient (Wildman–Crippen LogP) is 1.69. The van der Waals surface area contributed by atoms with Crippen LogP contribution in [0.1, 0.15) is 31.4 Å². The molecule has 16 heavy (non-hydrogen) atoms. The van der Waals surface area contributed by atoms with Crippen LogP contribution in [-0.4, -0.2) is 33.5 Å². The summed E-state index contributed by atoms with van der Waals surface area (Å²) in [7, 11) is 0. The topological polar surface area (TPSA) is 53.4 Å². The Balaban J connectivity index is 2.15. The van der Waals surface area contributed by atoms with Gasteiger partial charge in [0, 0.05) is 18.4 Å². The molecule has 0 amide bonds. The second kappa shape index (κ2) is 4.61. The van der Waals surface area contributed by atoms with Crippen molar-refractivity contribution in [3.63, 3.8) is 0 Å². The number of aliphatic carboxylic acids is 1. The highest BCUT2D eigenvalue weighted by molar-refractivity contribution is 5.73. The predicted molar refractivity (Wildman–Crippen MR) is 60.0 cm³/mol. The Kier molecular flexibility index (Phi) is 3.19. The molecule has 1 aromatic rings. The normalized spacial score (nSPS) is 23.2. The lowest BCUT2D eigenvalue weighted by atomic mass is 10.1. The smallest absolute Gasteiger partial charge is 0.320 e. The quantitative estimate of drug-likeness (QED) is 0.842. The molecule has 1 fully saturated rings. The van der Waals surface area contributed by atoms with Crippen LogP contribution < -0.4 is 0 Å². The zero-order valence-corrected chi connectivity index (χ0v) is 9.34. The molecule has 2 rings (SSSR count). The van der Waals surface area contributed by atoms with Gasteiger partial charge in [-0.2, -0.15) is 0 Å². The number of likely N-dealkylation sites (tertiary alicyclic amines) is 1. The largest absolute Gasteiger partial charge is 0.480 e. The van der Waals surface area contributed by atoms with Gasteiger partial charge < -0.3 is 5.11 Å². The second-order valence-corrected chi connectivity index (χ2v) is 4.19. The van der Waals surface area contributed by atoms with Gasteiger partial charge in [0.25, 0.3) is 0 Å². The van der Waals surface area contributed by atoms with Crippen LogP contribution in [0.4, 0.5) is 0 Å². The van der Waals surface area contributed by atoms with Gasteiger partial charge in [0.2, 0.25) is 0 Å². The first-order valence-electron chi connectivity index (χ1n) is 5.58. The third kappa shape index (κ3) is 2.07. The summed E-state index contributed by atoms with van der Waals surface area (Å²) in [5.41, 5.74) is 1.13. The molecule has 86 valence electrons. The lowest BCUT2D eigenvalue weighted by molar-refractivity contribution is -0.142. The zero-order chi connectivity index (χ0) is 11.5. The molecule has 0 bridgehead atoms. The average molecular weight is 220 g/mol. The maximum Gasteiger partial charge on any atom is 0.320 e. The van der Waals surface area contributed by atoms with Gasteiger partial charge in [0.05, 0.1) is 0 Å². The minimum Gasteiger partial charge on any atom is -0.480 e. The van der Waals surface area contributed by atoms with Gasteiger partial charge in [-0.25, -0.2) is 0 Å². The standard InChI is InChI=1S/C12H16N2O2/c1-9(10-4-6-13-7-5-10)14-8-2-3-11(14)12(15)16/h4-7,9,11H,2-3,8H2,1H3,(H,15,16)/t9?,11-/m0/s1. The Hall–Kier alpha value is -1.42. The van der Waals surface area contributed by atoms with E-state index < -0.39 is 5.97 Å². The molecule has 1 aromatic heterocycles. The first-order valence-corrected chi connectivity index (χ1v) is 5.58. The summed E-state index contributed by atoms with van der Waals surface area (Å²) < 4.78 is 0. The lowest BCUT2D eigenvalue weighted by Crippen LogP contribution is -2.37. The minimum atomic E-state index is -0.710. The van der Waals surface area contributed by atoms with E-state index in [0.29, 0.717) is 0 Å². The van der Waals surface area contributed by atoms with Gasteiger partial charge in [-0.05, 0) is 44.0 Å². The van der Waals surface area contributed by atoms with Gasteiger partial charge in [-0.15, -0.1) is 0 Å². The van der Waals surface area contributed by atoms with Crippen molar-refractivity contribution in [3.8, 4) is 0 Å². The number of rotatable bonds is 3. The van der Waals surface area contributed by atoms with Crippen LogP contribution in [-0.2, 0) is 4.79 Å². The Bertz CT molecular complexity index is 367. The van der Waals surface area contributed by atoms with E-state index >= 15 is 0 Å². The van der Waals surface area contributed by atoms with Crippen LogP contribution in [0.15, 0.2) is 24.5 Å². The third-order valence-electron chi connectivity index (χ3n) is 3.27. The Morgan fingerprint density at radius 3 is 2.88 bits per heavy atom. The molecule has 4 heteroatoms. The maximum atomic E-state index is 11.1. The summed E-state index contributed by atoms with van der Waals surface area (Å²) >= 11 is 0. The van der Waals surface area contributed by atoms with E-state index in [-0.39, 0.29) is 12.1 Å². The molecule has 0 radical (unpaired) electrons. The summed E-state index contributed by atoms with van der Waals surface area (Å²) in [6.07, 6.45) is 5.21. The van der Waals surface area contributed by atoms with Crippen molar-refractivity contribution in [1.82, 2.24) is 9.88 Å². The minimum absolute atomic E-state index is 0.145. The van der Waals surface area contributed by atoms with E-state index in [2.05, 4.69) is 16.8 Å². The number of nitrogens with zero attached hydrogens (tertiary/aromatic N) is 2. The van der Waals surface area contributed by atoms with Crippen LogP contribution in [0, 0.1) is 0 Å². The van der Waals surface area contributed by atoms with Gasteiger partial charge in [0.15, 0.2) is 0 Å². The SMILES string of the molecule is CC(c1ccncc1)N1CCC[C@H]1C(=O)O. The summed E-state index contributed by atoms with van der Waals surface area (Å²) in [5.74, 6) is -0.710. The van der Waals surface area contributed by atoms with E-state index in [1.54, 1.807) is 12.4 Å². The number of aromatic nitrogens is 1. The molecule has 0 saturated carbocycles. The van der Waals surface area contributed by atoms with Gasteiger partial charge >= 0.3 is 5.97 Å². The Morgan fingerprint density at radius 1 is 1.56 bits per heavy atom. The van der Waals surface area contributed by atoms with Gasteiger partial charge in [-0.3, -0.25) is 14.7 Å². The molecule has 2 heterocycles. The molecule has 0 spiro atoms. The van der Waals surface area contributed by atoms with Crippen molar-refractivity contribution in [2.45, 2.75) is 31.8 Å². The number of hydrogen-bond acceptors (Lipinski definition) is 3. The molecular formula is C12H16N2O2. The molecule has 1 N–H and O–H groups in total. The molecule has 1 unspecified atom stereocenters. The highest BCUT2D eigenvalue weighted by Crippen LogP contribution is 2.28. The molecule has 0 aliphatic carbocycles. The average Bonchev–Trinajstić information content (AvgIpc) is 2.78. The van der Waals surface area contributed by atoms with Crippen molar-refractivity contribution in [2.24, 2.45) is 0 Å². The van der Waals surface area contributed by atoms with E-state index in [4.69, 9.17) is 5.11 Å². The number of hydrogen-bond donors (Lipinski definition) is 1. The van der Waals surface area contributed by atoms with Crippen molar-refractivity contribution in [3.05, 3.63) is 30.1 Å². The van der Waals surface area contributed by atoms with E-state index in [9.17, 15) is 4.79 Å². The summed E-state index contributed by atoms with van der Waals surface area (Å²) in [5, 5.41) is 9.13. The second-order valence-electron chi connectivity index (χ2n) is 4.19. The van der Waals surface area contributed by atoms with Crippen molar-refractivity contribution >= 4 is 5.97 Å². The van der Waals surface area contributed by atoms with Crippen LogP contribution in [0.5, 0.6) is 0 Å². The van der Waals surface area contributed by atoms with Gasteiger partial charge in [-0.1, -0.05) is 0 Å². The van der Waals surface area contributed by atoms with E-state index in [1.165, 1.54) is 0 Å². The lowest BCUT2D eigenvalue weighted by Gasteiger charge is -2.28. The van der Waals surface area contributed by atoms with Crippen molar-refractivity contribution in [2.75, 3.05) is 6.54 Å². The molecule has 2 atom stereocenters. The number of carbonyl (C=O) groups is 1. The van der Waals surface area contributed by atoms with Crippen LogP contribution in [0.2, 0.25) is 0 Å². The fraction of sp³-hybridized carbons (Fsp3) is 0.500. The Morgan fingerprint density at radius 2 is 2.25 bits per heavy atom. The molecule has 1 aliphatic rings. The number of carboxylic acids is 1. The number of pyridine rings is 1. The molecule has 1 aliphatic heterocycles. The highest BCUT2D eigenvalue weighted by atomic mass is 16.4. The van der Waals surface area contributed by atoms with E-state index in [0.717, 1.165) is 24.9 Å². The molecule has 1 saturated heterocycles. The fourth-order valence-corrected chi connectivity index (χ4v) is 2.35. The first kappa shape index (κ1) is 11.1. The third-order valence-corrected chi connectivity index (χ3v) is 3.27. The molecular weight excluding hydrogens is 204 g/mol. The molecule has 4 nitrogen and oxygen atoms in total. The van der Waals surface area contributed by atoms with Crippen LogP contribution in [0.25, 0.3) is 0 Å². The van der Waals surface area contributed by atoms with E-state index in [1.807, 2.05) is 12.1 Å². The summed E-state index contributed by atoms with van der Waals surface area (Å²) in [4.78, 5) is 17.1. The molecule has 0 aromatic carbocycles. The van der Waals surface area contributed by atoms with Crippen LogP contribution >= 0.6 is 0 Å². The summed E-state index contributed by atoms with van der Waals surface area (Å²) in [6, 6.07) is 3.71. The fourth-order valence-electron chi connectivity index (χ4n) is 2.35. The van der Waals surface area contributed by atoms with Crippen molar-refractivity contribution in [1.29, 1.82) is 0 Å². The number of carboxylic acid groups (broad SMARTS) is 1. The van der Waals surface area contributed by atoms with Gasteiger partial charge in [0.1, 0.15) is 6.04 Å².